The van der Waals surface area contributed by atoms with E-state index in [2.05, 4.69) is 4.98 Å². The quantitative estimate of drug-likeness (QED) is 0.500. The molecule has 1 aromatic heterocycles. The van der Waals surface area contributed by atoms with Crippen molar-refractivity contribution in [3.8, 4) is 11.4 Å². The van der Waals surface area contributed by atoms with E-state index in [-0.39, 0.29) is 23.9 Å². The molecule has 0 bridgehead atoms. The molecule has 9 heteroatoms. The van der Waals surface area contributed by atoms with Crippen LogP contribution in [-0.4, -0.2) is 65.9 Å². The minimum atomic E-state index is -3.61. The molecule has 1 aliphatic heterocycles. The van der Waals surface area contributed by atoms with Gasteiger partial charge in [0.15, 0.2) is 0 Å². The fourth-order valence-electron chi connectivity index (χ4n) is 3.61. The van der Waals surface area contributed by atoms with Gasteiger partial charge in [-0.25, -0.2) is 13.4 Å². The zero-order valence-electron chi connectivity index (χ0n) is 18.4. The van der Waals surface area contributed by atoms with Gasteiger partial charge in [-0.3, -0.25) is 4.79 Å². The molecule has 0 N–H and O–H groups in total. The van der Waals surface area contributed by atoms with Crippen molar-refractivity contribution in [2.75, 3.05) is 32.8 Å². The van der Waals surface area contributed by atoms with Gasteiger partial charge in [0.2, 0.25) is 15.9 Å². The first-order valence-electron chi connectivity index (χ1n) is 10.8. The van der Waals surface area contributed by atoms with Crippen LogP contribution in [0, 0.1) is 0 Å². The van der Waals surface area contributed by atoms with Crippen LogP contribution in [0.15, 0.2) is 78.2 Å². The normalized spacial score (nSPS) is 15.1. The molecule has 33 heavy (non-hydrogen) atoms. The molecular weight excluding hydrogens is 440 g/mol. The topological polar surface area (TPSA) is 84.7 Å². The van der Waals surface area contributed by atoms with Crippen LogP contribution < -0.4 is 4.74 Å². The largest absolute Gasteiger partial charge is 0.494 e. The van der Waals surface area contributed by atoms with Crippen molar-refractivity contribution in [2.45, 2.75) is 11.8 Å². The van der Waals surface area contributed by atoms with Gasteiger partial charge < -0.3 is 14.2 Å². The van der Waals surface area contributed by atoms with Gasteiger partial charge in [0, 0.05) is 50.3 Å². The maximum Gasteiger partial charge on any atom is 0.246 e. The van der Waals surface area contributed by atoms with E-state index in [1.165, 1.54) is 10.4 Å². The first-order valence-corrected chi connectivity index (χ1v) is 12.2. The third-order valence-electron chi connectivity index (χ3n) is 5.44. The maximum atomic E-state index is 12.9. The van der Waals surface area contributed by atoms with Crippen molar-refractivity contribution in [1.29, 1.82) is 0 Å². The number of benzene rings is 2. The number of ether oxygens (including phenoxy) is 1. The molecule has 8 nitrogen and oxygen atoms in total. The van der Waals surface area contributed by atoms with Crippen molar-refractivity contribution < 1.29 is 17.9 Å². The monoisotopic (exact) mass is 466 g/mol. The molecule has 0 unspecified atom stereocenters. The second-order valence-electron chi connectivity index (χ2n) is 7.53. The number of rotatable bonds is 7. The highest BCUT2D eigenvalue weighted by atomic mass is 32.2. The first-order chi connectivity index (χ1) is 16.0. The summed E-state index contributed by atoms with van der Waals surface area (Å²) in [5, 5.41) is 0. The molecule has 0 radical (unpaired) electrons. The van der Waals surface area contributed by atoms with E-state index in [0.717, 1.165) is 11.3 Å². The van der Waals surface area contributed by atoms with Crippen molar-refractivity contribution in [1.82, 2.24) is 18.8 Å². The van der Waals surface area contributed by atoms with Gasteiger partial charge in [0.1, 0.15) is 5.75 Å². The number of hydrogen-bond acceptors (Lipinski definition) is 5. The van der Waals surface area contributed by atoms with Gasteiger partial charge in [0.05, 0.1) is 17.8 Å². The minimum absolute atomic E-state index is 0.133. The lowest BCUT2D eigenvalue weighted by atomic mass is 10.2. The fraction of sp³-hybridized carbons (Fsp3) is 0.250. The van der Waals surface area contributed by atoms with Crippen LogP contribution in [-0.2, 0) is 14.8 Å². The van der Waals surface area contributed by atoms with Crippen molar-refractivity contribution in [2.24, 2.45) is 0 Å². The Balaban J connectivity index is 1.33. The lowest BCUT2D eigenvalue weighted by Crippen LogP contribution is -2.50. The van der Waals surface area contributed by atoms with Gasteiger partial charge in [-0.1, -0.05) is 12.1 Å². The van der Waals surface area contributed by atoms with Crippen LogP contribution in [0.5, 0.6) is 5.75 Å². The number of aromatic nitrogens is 2. The van der Waals surface area contributed by atoms with E-state index < -0.39 is 10.0 Å². The van der Waals surface area contributed by atoms with E-state index in [9.17, 15) is 13.2 Å². The summed E-state index contributed by atoms with van der Waals surface area (Å²) in [4.78, 5) is 18.5. The second-order valence-corrected chi connectivity index (χ2v) is 9.47. The molecule has 1 fully saturated rings. The molecule has 2 aromatic carbocycles. The highest BCUT2D eigenvalue weighted by Gasteiger charge is 2.29. The Labute approximate surface area is 193 Å². The molecule has 0 spiro atoms. The number of imidazole rings is 1. The van der Waals surface area contributed by atoms with Gasteiger partial charge in [0.25, 0.3) is 0 Å². The van der Waals surface area contributed by atoms with Crippen molar-refractivity contribution in [3.05, 3.63) is 78.9 Å². The number of amides is 1. The van der Waals surface area contributed by atoms with E-state index in [1.54, 1.807) is 47.8 Å². The highest BCUT2D eigenvalue weighted by Crippen LogP contribution is 2.21. The molecule has 4 rings (SSSR count). The standard InChI is InChI=1S/C24H26N4O4S/c1-2-32-22-8-10-23(11-9-22)33(30,31)28-17-15-26(16-18-28)24(29)12-5-20-3-6-21(7-4-20)27-14-13-25-19-27/h3-14,19H,2,15-18H2,1H3. The summed E-state index contributed by atoms with van der Waals surface area (Å²) in [6.07, 6.45) is 8.61. The molecule has 0 atom stereocenters. The average molecular weight is 467 g/mol. The Morgan fingerprint density at radius 2 is 1.73 bits per heavy atom. The van der Waals surface area contributed by atoms with Crippen LogP contribution in [0.1, 0.15) is 12.5 Å². The molecule has 0 saturated carbocycles. The van der Waals surface area contributed by atoms with Gasteiger partial charge in [-0.05, 0) is 55.0 Å². The molecule has 1 saturated heterocycles. The Bertz CT molecular complexity index is 1200. The smallest absolute Gasteiger partial charge is 0.246 e. The lowest BCUT2D eigenvalue weighted by Gasteiger charge is -2.33. The van der Waals surface area contributed by atoms with Crippen molar-refractivity contribution in [3.63, 3.8) is 0 Å². The predicted molar refractivity (Wildman–Crippen MR) is 126 cm³/mol. The van der Waals surface area contributed by atoms with Crippen molar-refractivity contribution >= 4 is 22.0 Å². The number of piperazine rings is 1. The Morgan fingerprint density at radius 1 is 1.03 bits per heavy atom. The van der Waals surface area contributed by atoms with Gasteiger partial charge >= 0.3 is 0 Å². The summed E-state index contributed by atoms with van der Waals surface area (Å²) in [5.41, 5.74) is 1.89. The number of hydrogen-bond donors (Lipinski definition) is 0. The summed E-state index contributed by atoms with van der Waals surface area (Å²) in [6.45, 7) is 3.61. The summed E-state index contributed by atoms with van der Waals surface area (Å²) >= 11 is 0. The van der Waals surface area contributed by atoms with Crippen LogP contribution in [0.4, 0.5) is 0 Å². The summed E-state index contributed by atoms with van der Waals surface area (Å²) in [5.74, 6) is 0.502. The highest BCUT2D eigenvalue weighted by molar-refractivity contribution is 7.89. The number of carbonyl (C=O) groups excluding carboxylic acids is 1. The van der Waals surface area contributed by atoms with Crippen LogP contribution >= 0.6 is 0 Å². The number of carbonyl (C=O) groups is 1. The molecule has 172 valence electrons. The Hall–Kier alpha value is -3.43. The number of sulfonamides is 1. The van der Waals surface area contributed by atoms with Crippen LogP contribution in [0.3, 0.4) is 0 Å². The molecular formula is C24H26N4O4S. The van der Waals surface area contributed by atoms with Gasteiger partial charge in [-0.2, -0.15) is 4.31 Å². The zero-order valence-corrected chi connectivity index (χ0v) is 19.2. The zero-order chi connectivity index (χ0) is 23.3. The second kappa shape index (κ2) is 10.0. The molecule has 3 aromatic rings. The summed E-state index contributed by atoms with van der Waals surface area (Å²) in [6, 6.07) is 14.2. The third kappa shape index (κ3) is 5.32. The minimum Gasteiger partial charge on any atom is -0.494 e. The molecule has 1 amide bonds. The maximum absolute atomic E-state index is 12.9. The first kappa shape index (κ1) is 22.8. The third-order valence-corrected chi connectivity index (χ3v) is 7.35. The summed E-state index contributed by atoms with van der Waals surface area (Å²) < 4.78 is 34.5. The van der Waals surface area contributed by atoms with Gasteiger partial charge in [-0.15, -0.1) is 0 Å². The summed E-state index contributed by atoms with van der Waals surface area (Å²) in [7, 11) is -3.61. The molecule has 2 heterocycles. The Morgan fingerprint density at radius 3 is 2.33 bits per heavy atom. The predicted octanol–water partition coefficient (Wildman–Crippen LogP) is 2.82. The van der Waals surface area contributed by atoms with E-state index >= 15 is 0 Å². The average Bonchev–Trinajstić information content (AvgIpc) is 3.39. The van der Waals surface area contributed by atoms with E-state index in [4.69, 9.17) is 4.74 Å². The van der Waals surface area contributed by atoms with E-state index in [0.29, 0.717) is 25.4 Å². The number of nitrogens with zero attached hydrogens (tertiary/aromatic N) is 4. The van der Waals surface area contributed by atoms with Crippen LogP contribution in [0.25, 0.3) is 11.8 Å². The van der Waals surface area contributed by atoms with Crippen LogP contribution in [0.2, 0.25) is 0 Å². The molecule has 1 aliphatic rings. The lowest BCUT2D eigenvalue weighted by molar-refractivity contribution is -0.127. The molecule has 0 aliphatic carbocycles. The SMILES string of the molecule is CCOc1ccc(S(=O)(=O)N2CCN(C(=O)C=Cc3ccc(-n4ccnc4)cc3)CC2)cc1. The van der Waals surface area contributed by atoms with E-state index in [1.807, 2.05) is 42.0 Å². The Kier molecular flexibility index (Phi) is 6.90. The fourth-order valence-corrected chi connectivity index (χ4v) is 5.04.